The van der Waals surface area contributed by atoms with Crippen LogP contribution in [0.2, 0.25) is 0 Å². The van der Waals surface area contributed by atoms with Crippen LogP contribution in [0.4, 0.5) is 0 Å². The van der Waals surface area contributed by atoms with E-state index in [0.717, 1.165) is 0 Å². The van der Waals surface area contributed by atoms with Crippen LogP contribution >= 0.6 is 0 Å². The maximum Gasteiger partial charge on any atom is 0.372 e. The fourth-order valence-electron chi connectivity index (χ4n) is 0.458. The second-order valence-electron chi connectivity index (χ2n) is 2.33. The summed E-state index contributed by atoms with van der Waals surface area (Å²) in [5.74, 6) is -1.90. The first-order valence-corrected chi connectivity index (χ1v) is 2.80. The number of carboxylic acid groups (broad SMARTS) is 1. The number of ketones is 1. The molecule has 0 aliphatic heterocycles. The predicted octanol–water partition coefficient (Wildman–Crippen LogP) is 0.686. The highest BCUT2D eigenvalue weighted by Crippen LogP contribution is 1.99. The van der Waals surface area contributed by atoms with Gasteiger partial charge in [-0.05, 0) is 5.92 Å². The Hall–Kier alpha value is -0.860. The molecule has 0 rings (SSSR count). The zero-order valence-electron chi connectivity index (χ0n) is 5.55. The van der Waals surface area contributed by atoms with Gasteiger partial charge in [-0.1, -0.05) is 13.8 Å². The standard InChI is InChI=1S/C6H10O3/c1-4(2)3-5(7)6(8)9/h4H,3H2,1-2H3,(H,8,9)/i3+1,5+1,6+1. The Morgan fingerprint density at radius 1 is 1.44 bits per heavy atom. The fourth-order valence-corrected chi connectivity index (χ4v) is 0.458. The molecule has 0 aliphatic carbocycles. The number of carbonyl (C=O) groups is 2. The van der Waals surface area contributed by atoms with Gasteiger partial charge in [0.2, 0.25) is 5.78 Å². The molecule has 0 saturated carbocycles. The number of aliphatic carboxylic acids is 1. The van der Waals surface area contributed by atoms with Gasteiger partial charge in [-0.3, -0.25) is 4.79 Å². The molecular weight excluding hydrogens is 123 g/mol. The minimum absolute atomic E-state index is 0.133. The highest BCUT2D eigenvalue weighted by molar-refractivity contribution is 6.32. The zero-order chi connectivity index (χ0) is 7.44. The van der Waals surface area contributed by atoms with Crippen molar-refractivity contribution in [2.75, 3.05) is 0 Å². The van der Waals surface area contributed by atoms with Crippen LogP contribution in [-0.4, -0.2) is 16.9 Å². The van der Waals surface area contributed by atoms with Crippen LogP contribution in [0.5, 0.6) is 0 Å². The van der Waals surface area contributed by atoms with E-state index in [2.05, 4.69) is 0 Å². The number of carboxylic acids is 1. The molecule has 52 valence electrons. The number of rotatable bonds is 3. The summed E-state index contributed by atoms with van der Waals surface area (Å²) in [6.45, 7) is 3.61. The van der Waals surface area contributed by atoms with E-state index in [1.807, 2.05) is 0 Å². The summed E-state index contributed by atoms with van der Waals surface area (Å²) in [5.41, 5.74) is 0. The predicted molar refractivity (Wildman–Crippen MR) is 32.1 cm³/mol. The van der Waals surface area contributed by atoms with Crippen LogP contribution in [-0.2, 0) is 9.59 Å². The van der Waals surface area contributed by atoms with Crippen LogP contribution in [0.25, 0.3) is 0 Å². The third-order valence-corrected chi connectivity index (χ3v) is 0.832. The van der Waals surface area contributed by atoms with E-state index in [0.29, 0.717) is 0 Å². The SMILES string of the molecule is CC(C)[13CH2][13C](=O)[13C](=O)O. The first-order valence-electron chi connectivity index (χ1n) is 2.80. The van der Waals surface area contributed by atoms with Crippen molar-refractivity contribution in [1.82, 2.24) is 0 Å². The fraction of sp³-hybridized carbons (Fsp3) is 0.667. The summed E-state index contributed by atoms with van der Waals surface area (Å²) >= 11 is 0. The van der Waals surface area contributed by atoms with E-state index in [1.165, 1.54) is 0 Å². The molecule has 1 N–H and O–H groups in total. The van der Waals surface area contributed by atoms with Gasteiger partial charge >= 0.3 is 5.97 Å². The van der Waals surface area contributed by atoms with Gasteiger partial charge in [-0.25, -0.2) is 4.79 Å². The third kappa shape index (κ3) is 3.70. The maximum atomic E-state index is 10.4. The van der Waals surface area contributed by atoms with Gasteiger partial charge in [-0.2, -0.15) is 0 Å². The molecule has 0 radical (unpaired) electrons. The average molecular weight is 133 g/mol. The molecule has 0 saturated heterocycles. The second-order valence-corrected chi connectivity index (χ2v) is 2.33. The molecule has 0 aromatic carbocycles. The molecule has 0 heterocycles. The van der Waals surface area contributed by atoms with Gasteiger partial charge in [0.05, 0.1) is 0 Å². The number of hydrogen-bond donors (Lipinski definition) is 1. The lowest BCUT2D eigenvalue weighted by molar-refractivity contribution is -0.149. The van der Waals surface area contributed by atoms with Gasteiger partial charge in [-0.15, -0.1) is 0 Å². The average Bonchev–Trinajstić information content (AvgIpc) is 1.63. The molecule has 0 bridgehead atoms. The first-order chi connectivity index (χ1) is 4.04. The van der Waals surface area contributed by atoms with Crippen molar-refractivity contribution in [2.45, 2.75) is 20.3 Å². The van der Waals surface area contributed by atoms with E-state index in [4.69, 9.17) is 5.11 Å². The monoisotopic (exact) mass is 133 g/mol. The third-order valence-electron chi connectivity index (χ3n) is 0.832. The van der Waals surface area contributed by atoms with Crippen molar-refractivity contribution >= 4 is 11.8 Å². The Morgan fingerprint density at radius 2 is 1.89 bits per heavy atom. The highest BCUT2D eigenvalue weighted by Gasteiger charge is 2.11. The van der Waals surface area contributed by atoms with Crippen LogP contribution in [0.1, 0.15) is 20.3 Å². The van der Waals surface area contributed by atoms with Crippen molar-refractivity contribution in [3.63, 3.8) is 0 Å². The minimum atomic E-state index is -1.33. The summed E-state index contributed by atoms with van der Waals surface area (Å²) in [6, 6.07) is 0. The van der Waals surface area contributed by atoms with Gasteiger partial charge < -0.3 is 5.11 Å². The Labute approximate surface area is 53.7 Å². The lowest BCUT2D eigenvalue weighted by atomic mass is 10.4. The Morgan fingerprint density at radius 3 is 2.00 bits per heavy atom. The van der Waals surface area contributed by atoms with Crippen molar-refractivity contribution in [2.24, 2.45) is 5.92 Å². The second kappa shape index (κ2) is 3.22. The number of hydrogen-bond acceptors (Lipinski definition) is 2. The van der Waals surface area contributed by atoms with Crippen molar-refractivity contribution in [3.8, 4) is 0 Å². The topological polar surface area (TPSA) is 54.4 Å². The number of carbonyl (C=O) groups excluding carboxylic acids is 1. The minimum Gasteiger partial charge on any atom is -0.476 e. The quantitative estimate of drug-likeness (QED) is 0.455. The van der Waals surface area contributed by atoms with Crippen LogP contribution in [0.15, 0.2) is 0 Å². The summed E-state index contributed by atoms with van der Waals surface area (Å²) in [5, 5.41) is 8.08. The largest absolute Gasteiger partial charge is 0.476 e. The summed E-state index contributed by atoms with van der Waals surface area (Å²) in [4.78, 5) is 20.2. The molecule has 0 aromatic rings. The normalized spacial score (nSPS) is 9.67. The maximum absolute atomic E-state index is 10.4. The first kappa shape index (κ1) is 8.14. The van der Waals surface area contributed by atoms with E-state index in [9.17, 15) is 9.59 Å². The van der Waals surface area contributed by atoms with Gasteiger partial charge in [0.25, 0.3) is 0 Å². The van der Waals surface area contributed by atoms with Crippen LogP contribution in [0.3, 0.4) is 0 Å². The van der Waals surface area contributed by atoms with E-state index >= 15 is 0 Å². The molecule has 0 aliphatic rings. The van der Waals surface area contributed by atoms with E-state index < -0.39 is 11.8 Å². The summed E-state index contributed by atoms with van der Waals surface area (Å²) in [6.07, 6.45) is 0.134. The molecule has 3 heteroatoms. The lowest BCUT2D eigenvalue weighted by Gasteiger charge is -1.97. The van der Waals surface area contributed by atoms with Crippen molar-refractivity contribution in [1.29, 1.82) is 0 Å². The van der Waals surface area contributed by atoms with Crippen molar-refractivity contribution < 1.29 is 14.7 Å². The molecule has 0 atom stereocenters. The van der Waals surface area contributed by atoms with Gasteiger partial charge in [0, 0.05) is 6.42 Å². The molecule has 0 fully saturated rings. The molecule has 0 unspecified atom stereocenters. The van der Waals surface area contributed by atoms with Crippen LogP contribution < -0.4 is 0 Å². The van der Waals surface area contributed by atoms with E-state index in [-0.39, 0.29) is 12.3 Å². The lowest BCUT2D eigenvalue weighted by Crippen LogP contribution is -2.14. The highest BCUT2D eigenvalue weighted by atomic mass is 16.5. The van der Waals surface area contributed by atoms with Gasteiger partial charge in [0.15, 0.2) is 0 Å². The summed E-state index contributed by atoms with van der Waals surface area (Å²) < 4.78 is 0. The van der Waals surface area contributed by atoms with E-state index in [1.54, 1.807) is 13.8 Å². The Bertz CT molecular complexity index is 126. The molecule has 3 nitrogen and oxygen atoms in total. The zero-order valence-corrected chi connectivity index (χ0v) is 5.55. The smallest absolute Gasteiger partial charge is 0.372 e. The molecular formula is C6H10O3. The van der Waals surface area contributed by atoms with Crippen molar-refractivity contribution in [3.05, 3.63) is 0 Å². The van der Waals surface area contributed by atoms with Crippen LogP contribution in [0, 0.1) is 5.92 Å². The molecule has 9 heavy (non-hydrogen) atoms. The van der Waals surface area contributed by atoms with Gasteiger partial charge in [0.1, 0.15) is 0 Å². The molecule has 0 amide bonds. The Kier molecular flexibility index (Phi) is 2.91. The molecule has 0 aromatic heterocycles. The molecule has 0 spiro atoms. The number of Topliss-reactive ketones (excluding diaryl/α,β-unsaturated/α-hetero) is 1. The summed E-state index contributed by atoms with van der Waals surface area (Å²) in [7, 11) is 0. The Balaban J connectivity index is 3.65.